The molecule has 1 aromatic heterocycles. The standard InChI is InChI=1S/C15H17N3O2/c1-18(10-12-5-3-4-8-17-12)15(19)13-9-11(16)6-7-14(13)20-2/h3-9H,10,16H2,1-2H3. The van der Waals surface area contributed by atoms with Crippen LogP contribution < -0.4 is 10.5 Å². The monoisotopic (exact) mass is 271 g/mol. The van der Waals surface area contributed by atoms with Crippen LogP contribution in [0.1, 0.15) is 16.1 Å². The van der Waals surface area contributed by atoms with Crippen molar-refractivity contribution in [2.75, 3.05) is 19.9 Å². The fourth-order valence-electron chi connectivity index (χ4n) is 1.90. The summed E-state index contributed by atoms with van der Waals surface area (Å²) >= 11 is 0. The number of nitrogen functional groups attached to an aromatic ring is 1. The van der Waals surface area contributed by atoms with Crippen LogP contribution in [-0.2, 0) is 6.54 Å². The summed E-state index contributed by atoms with van der Waals surface area (Å²) in [6, 6.07) is 10.6. The first-order valence-corrected chi connectivity index (χ1v) is 6.20. The second-order valence-electron chi connectivity index (χ2n) is 4.44. The van der Waals surface area contributed by atoms with Crippen molar-refractivity contribution in [2.24, 2.45) is 0 Å². The molecule has 0 aliphatic rings. The van der Waals surface area contributed by atoms with E-state index in [0.29, 0.717) is 23.5 Å². The van der Waals surface area contributed by atoms with Gasteiger partial charge in [0.15, 0.2) is 0 Å². The summed E-state index contributed by atoms with van der Waals surface area (Å²) in [7, 11) is 3.25. The highest BCUT2D eigenvalue weighted by Gasteiger charge is 2.17. The van der Waals surface area contributed by atoms with E-state index in [-0.39, 0.29) is 5.91 Å². The van der Waals surface area contributed by atoms with Crippen molar-refractivity contribution in [1.29, 1.82) is 0 Å². The molecule has 20 heavy (non-hydrogen) atoms. The van der Waals surface area contributed by atoms with Crippen LogP contribution in [0.3, 0.4) is 0 Å². The van der Waals surface area contributed by atoms with Crippen molar-refractivity contribution in [2.45, 2.75) is 6.54 Å². The summed E-state index contributed by atoms with van der Waals surface area (Å²) in [6.07, 6.45) is 1.70. The van der Waals surface area contributed by atoms with Crippen LogP contribution >= 0.6 is 0 Å². The molecule has 0 unspecified atom stereocenters. The van der Waals surface area contributed by atoms with E-state index in [9.17, 15) is 4.79 Å². The molecule has 0 spiro atoms. The average Bonchev–Trinajstić information content (AvgIpc) is 2.47. The van der Waals surface area contributed by atoms with Crippen LogP contribution in [0.25, 0.3) is 0 Å². The lowest BCUT2D eigenvalue weighted by Gasteiger charge is -2.18. The molecule has 5 nitrogen and oxygen atoms in total. The van der Waals surface area contributed by atoms with E-state index in [1.54, 1.807) is 36.3 Å². The highest BCUT2D eigenvalue weighted by Crippen LogP contribution is 2.22. The van der Waals surface area contributed by atoms with E-state index in [4.69, 9.17) is 10.5 Å². The highest BCUT2D eigenvalue weighted by molar-refractivity contribution is 5.97. The Morgan fingerprint density at radius 2 is 2.15 bits per heavy atom. The Morgan fingerprint density at radius 1 is 1.35 bits per heavy atom. The third-order valence-electron chi connectivity index (χ3n) is 2.93. The number of pyridine rings is 1. The maximum atomic E-state index is 12.4. The molecule has 0 radical (unpaired) electrons. The van der Waals surface area contributed by atoms with E-state index in [1.807, 2.05) is 18.2 Å². The lowest BCUT2D eigenvalue weighted by molar-refractivity contribution is 0.0780. The molecule has 2 N–H and O–H groups in total. The normalized spacial score (nSPS) is 10.1. The summed E-state index contributed by atoms with van der Waals surface area (Å²) in [5.41, 5.74) is 7.54. The minimum Gasteiger partial charge on any atom is -0.496 e. The first kappa shape index (κ1) is 13.9. The Bertz CT molecular complexity index is 599. The van der Waals surface area contributed by atoms with E-state index in [0.717, 1.165) is 5.69 Å². The highest BCUT2D eigenvalue weighted by atomic mass is 16.5. The molecule has 0 fully saturated rings. The van der Waals surface area contributed by atoms with E-state index in [1.165, 1.54) is 7.11 Å². The predicted octanol–water partition coefficient (Wildman–Crippen LogP) is 1.94. The second kappa shape index (κ2) is 6.06. The van der Waals surface area contributed by atoms with Gasteiger partial charge in [0.05, 0.1) is 24.9 Å². The number of amides is 1. The summed E-state index contributed by atoms with van der Waals surface area (Å²) in [5, 5.41) is 0. The zero-order valence-electron chi connectivity index (χ0n) is 11.5. The number of hydrogen-bond acceptors (Lipinski definition) is 4. The molecule has 0 saturated carbocycles. The third kappa shape index (κ3) is 3.06. The van der Waals surface area contributed by atoms with Gasteiger partial charge in [0, 0.05) is 18.9 Å². The molecular weight excluding hydrogens is 254 g/mol. The summed E-state index contributed by atoms with van der Waals surface area (Å²) in [4.78, 5) is 18.2. The molecule has 0 atom stereocenters. The van der Waals surface area contributed by atoms with Crippen molar-refractivity contribution < 1.29 is 9.53 Å². The largest absolute Gasteiger partial charge is 0.496 e. The Hall–Kier alpha value is -2.56. The molecule has 2 rings (SSSR count). The van der Waals surface area contributed by atoms with Gasteiger partial charge in [0.25, 0.3) is 5.91 Å². The van der Waals surface area contributed by atoms with Crippen LogP contribution in [0.2, 0.25) is 0 Å². The number of rotatable bonds is 4. The number of aromatic nitrogens is 1. The minimum absolute atomic E-state index is 0.153. The van der Waals surface area contributed by atoms with Crippen LogP contribution in [0.15, 0.2) is 42.6 Å². The molecule has 1 heterocycles. The fraction of sp³-hybridized carbons (Fsp3) is 0.200. The maximum absolute atomic E-state index is 12.4. The molecule has 5 heteroatoms. The number of methoxy groups -OCH3 is 1. The Labute approximate surface area is 118 Å². The predicted molar refractivity (Wildman–Crippen MR) is 77.4 cm³/mol. The number of ether oxygens (including phenoxy) is 1. The van der Waals surface area contributed by atoms with Crippen molar-refractivity contribution >= 4 is 11.6 Å². The SMILES string of the molecule is COc1ccc(N)cc1C(=O)N(C)Cc1ccccn1. The van der Waals surface area contributed by atoms with Crippen molar-refractivity contribution in [3.63, 3.8) is 0 Å². The first-order chi connectivity index (χ1) is 9.61. The average molecular weight is 271 g/mol. The van der Waals surface area contributed by atoms with Gasteiger partial charge in [-0.3, -0.25) is 9.78 Å². The second-order valence-corrected chi connectivity index (χ2v) is 4.44. The quantitative estimate of drug-likeness (QED) is 0.863. The zero-order chi connectivity index (χ0) is 14.5. The number of hydrogen-bond donors (Lipinski definition) is 1. The van der Waals surface area contributed by atoms with Gasteiger partial charge in [-0.05, 0) is 30.3 Å². The van der Waals surface area contributed by atoms with Crippen molar-refractivity contribution in [3.8, 4) is 5.75 Å². The fourth-order valence-corrected chi connectivity index (χ4v) is 1.90. The minimum atomic E-state index is -0.153. The maximum Gasteiger partial charge on any atom is 0.257 e. The summed E-state index contributed by atoms with van der Waals surface area (Å²) < 4.78 is 5.20. The molecule has 0 aliphatic carbocycles. The molecular formula is C15H17N3O2. The molecule has 1 amide bonds. The zero-order valence-corrected chi connectivity index (χ0v) is 11.5. The van der Waals surface area contributed by atoms with Crippen molar-refractivity contribution in [3.05, 3.63) is 53.9 Å². The van der Waals surface area contributed by atoms with Gasteiger partial charge in [-0.15, -0.1) is 0 Å². The van der Waals surface area contributed by atoms with Crippen LogP contribution in [0, 0.1) is 0 Å². The van der Waals surface area contributed by atoms with Gasteiger partial charge >= 0.3 is 0 Å². The topological polar surface area (TPSA) is 68.5 Å². The number of nitrogens with zero attached hydrogens (tertiary/aromatic N) is 2. The lowest BCUT2D eigenvalue weighted by Crippen LogP contribution is -2.27. The van der Waals surface area contributed by atoms with E-state index < -0.39 is 0 Å². The molecule has 0 saturated heterocycles. The Kier molecular flexibility index (Phi) is 4.20. The first-order valence-electron chi connectivity index (χ1n) is 6.20. The van der Waals surface area contributed by atoms with E-state index in [2.05, 4.69) is 4.98 Å². The smallest absolute Gasteiger partial charge is 0.257 e. The van der Waals surface area contributed by atoms with Gasteiger partial charge in [0.2, 0.25) is 0 Å². The Morgan fingerprint density at radius 3 is 2.80 bits per heavy atom. The number of carbonyl (C=O) groups excluding carboxylic acids is 1. The van der Waals surface area contributed by atoms with Gasteiger partial charge in [-0.2, -0.15) is 0 Å². The number of carbonyl (C=O) groups is 1. The third-order valence-corrected chi connectivity index (χ3v) is 2.93. The van der Waals surface area contributed by atoms with E-state index >= 15 is 0 Å². The van der Waals surface area contributed by atoms with Gasteiger partial charge in [-0.1, -0.05) is 6.07 Å². The van der Waals surface area contributed by atoms with Gasteiger partial charge in [0.1, 0.15) is 5.75 Å². The lowest BCUT2D eigenvalue weighted by atomic mass is 10.1. The molecule has 2 aromatic rings. The van der Waals surface area contributed by atoms with Gasteiger partial charge in [-0.25, -0.2) is 0 Å². The van der Waals surface area contributed by atoms with Crippen molar-refractivity contribution in [1.82, 2.24) is 9.88 Å². The summed E-state index contributed by atoms with van der Waals surface area (Å²) in [6.45, 7) is 0.428. The summed E-state index contributed by atoms with van der Waals surface area (Å²) in [5.74, 6) is 0.358. The number of nitrogens with two attached hydrogens (primary N) is 1. The van der Waals surface area contributed by atoms with Crippen LogP contribution in [0.4, 0.5) is 5.69 Å². The van der Waals surface area contributed by atoms with Crippen LogP contribution in [0.5, 0.6) is 5.75 Å². The number of benzene rings is 1. The number of anilines is 1. The molecule has 104 valence electrons. The molecule has 1 aromatic carbocycles. The van der Waals surface area contributed by atoms with Crippen LogP contribution in [-0.4, -0.2) is 29.9 Å². The molecule has 0 bridgehead atoms. The molecule has 0 aliphatic heterocycles. The van der Waals surface area contributed by atoms with Gasteiger partial charge < -0.3 is 15.4 Å². The Balaban J connectivity index is 2.20.